The number of ether oxygens (including phenoxy) is 3. The Bertz CT molecular complexity index is 1200. The predicted octanol–water partition coefficient (Wildman–Crippen LogP) is 7.73. The van der Waals surface area contributed by atoms with Crippen molar-refractivity contribution in [2.24, 2.45) is 28.6 Å². The number of methoxy groups -OCH3 is 1. The SMILES string of the molecule is COc1ccc([C@@]23C=C[C@]4(CCCC[C@@]42C)[C@@H]2[C@H]3C(=O)[C@@H](C/C(C)=C/CCC=C(C)C)CC23OCCO3)cc1. The maximum atomic E-state index is 14.9. The van der Waals surface area contributed by atoms with Gasteiger partial charge < -0.3 is 14.2 Å². The van der Waals surface area contributed by atoms with E-state index in [1.165, 1.54) is 29.6 Å². The molecule has 4 fully saturated rings. The van der Waals surface area contributed by atoms with Gasteiger partial charge in [-0.2, -0.15) is 0 Å². The van der Waals surface area contributed by atoms with E-state index in [-0.39, 0.29) is 34.0 Å². The molecule has 210 valence electrons. The molecule has 1 aliphatic heterocycles. The lowest BCUT2D eigenvalue weighted by Crippen LogP contribution is -2.59. The quantitative estimate of drug-likeness (QED) is 0.267. The number of hydrogen-bond acceptors (Lipinski definition) is 4. The number of unbranched alkanes of at least 4 members (excludes halogenated alkanes) is 1. The Morgan fingerprint density at radius 3 is 2.38 bits per heavy atom. The number of carbonyl (C=O) groups is 1. The second-order valence-electron chi connectivity index (χ2n) is 13.4. The summed E-state index contributed by atoms with van der Waals surface area (Å²) in [5.74, 6) is 0.423. The van der Waals surface area contributed by atoms with Gasteiger partial charge in [-0.3, -0.25) is 4.79 Å². The summed E-state index contributed by atoms with van der Waals surface area (Å²) in [5.41, 5.74) is 3.41. The molecule has 0 N–H and O–H groups in total. The highest BCUT2D eigenvalue weighted by Gasteiger charge is 2.82. The third-order valence-electron chi connectivity index (χ3n) is 11.3. The number of allylic oxidation sites excluding steroid dienone is 6. The number of carbonyl (C=O) groups excluding carboxylic acids is 1. The Balaban J connectivity index is 1.44. The monoisotopic (exact) mass is 530 g/mol. The highest BCUT2D eigenvalue weighted by Crippen LogP contribution is 2.81. The van der Waals surface area contributed by atoms with E-state index in [4.69, 9.17) is 14.2 Å². The van der Waals surface area contributed by atoms with Gasteiger partial charge in [0.25, 0.3) is 0 Å². The summed E-state index contributed by atoms with van der Waals surface area (Å²) < 4.78 is 18.9. The van der Waals surface area contributed by atoms with Gasteiger partial charge in [-0.25, -0.2) is 0 Å². The molecule has 0 aromatic heterocycles. The normalized spacial score (nSPS) is 38.1. The molecule has 4 nitrogen and oxygen atoms in total. The molecule has 0 amide bonds. The first-order valence-electron chi connectivity index (χ1n) is 15.2. The van der Waals surface area contributed by atoms with Crippen LogP contribution in [-0.2, 0) is 19.7 Å². The van der Waals surface area contributed by atoms with Gasteiger partial charge in [0.1, 0.15) is 11.5 Å². The van der Waals surface area contributed by atoms with Gasteiger partial charge in [-0.15, -0.1) is 0 Å². The number of hydrogen-bond donors (Lipinski definition) is 0. The van der Waals surface area contributed by atoms with Crippen LogP contribution in [0.3, 0.4) is 0 Å². The fraction of sp³-hybridized carbons (Fsp3) is 0.629. The molecule has 1 aromatic rings. The summed E-state index contributed by atoms with van der Waals surface area (Å²) >= 11 is 0. The summed E-state index contributed by atoms with van der Waals surface area (Å²) in [6.45, 7) is 10.2. The molecule has 39 heavy (non-hydrogen) atoms. The Labute approximate surface area is 234 Å². The van der Waals surface area contributed by atoms with Crippen molar-refractivity contribution in [2.45, 2.75) is 90.3 Å². The number of fused-ring (bicyclic) bond motifs is 3. The molecule has 2 bridgehead atoms. The van der Waals surface area contributed by atoms with Crippen LogP contribution in [0.4, 0.5) is 0 Å². The average Bonchev–Trinajstić information content (AvgIpc) is 3.56. The number of benzene rings is 1. The molecule has 1 heterocycles. The summed E-state index contributed by atoms with van der Waals surface area (Å²) in [6.07, 6.45) is 17.7. The molecule has 1 spiro atoms. The van der Waals surface area contributed by atoms with E-state index < -0.39 is 5.79 Å². The first-order valence-corrected chi connectivity index (χ1v) is 15.2. The molecule has 5 aliphatic rings. The van der Waals surface area contributed by atoms with Gasteiger partial charge in [0.05, 0.1) is 20.3 Å². The summed E-state index contributed by atoms with van der Waals surface area (Å²) in [4.78, 5) is 14.9. The predicted molar refractivity (Wildman–Crippen MR) is 155 cm³/mol. The fourth-order valence-corrected chi connectivity index (χ4v) is 9.77. The first kappa shape index (κ1) is 27.0. The highest BCUT2D eigenvalue weighted by molar-refractivity contribution is 5.89. The van der Waals surface area contributed by atoms with Gasteiger partial charge in [0.2, 0.25) is 0 Å². The van der Waals surface area contributed by atoms with Crippen LogP contribution in [0, 0.1) is 28.6 Å². The van der Waals surface area contributed by atoms with Crippen molar-refractivity contribution in [3.05, 3.63) is 65.3 Å². The topological polar surface area (TPSA) is 44.8 Å². The van der Waals surface area contributed by atoms with Crippen LogP contribution >= 0.6 is 0 Å². The molecule has 1 saturated heterocycles. The van der Waals surface area contributed by atoms with Crippen molar-refractivity contribution in [2.75, 3.05) is 20.3 Å². The van der Waals surface area contributed by atoms with Crippen LogP contribution in [0.2, 0.25) is 0 Å². The van der Waals surface area contributed by atoms with Crippen LogP contribution in [0.5, 0.6) is 5.75 Å². The molecule has 6 rings (SSSR count). The van der Waals surface area contributed by atoms with E-state index in [0.29, 0.717) is 25.4 Å². The second kappa shape index (κ2) is 9.73. The minimum atomic E-state index is -0.677. The zero-order valence-corrected chi connectivity index (χ0v) is 24.6. The molecule has 0 radical (unpaired) electrons. The van der Waals surface area contributed by atoms with E-state index in [9.17, 15) is 4.79 Å². The summed E-state index contributed by atoms with van der Waals surface area (Å²) in [6, 6.07) is 8.57. The molecular weight excluding hydrogens is 484 g/mol. The highest BCUT2D eigenvalue weighted by atomic mass is 16.7. The van der Waals surface area contributed by atoms with Crippen LogP contribution in [-0.4, -0.2) is 31.9 Å². The smallest absolute Gasteiger partial charge is 0.173 e. The first-order chi connectivity index (χ1) is 18.7. The zero-order valence-electron chi connectivity index (χ0n) is 24.6. The minimum absolute atomic E-state index is 0.0513. The molecule has 4 aliphatic carbocycles. The lowest BCUT2D eigenvalue weighted by atomic mass is 9.52. The summed E-state index contributed by atoms with van der Waals surface area (Å²) in [7, 11) is 1.71. The lowest BCUT2D eigenvalue weighted by Gasteiger charge is -2.54. The van der Waals surface area contributed by atoms with Crippen LogP contribution < -0.4 is 4.74 Å². The molecule has 4 heteroatoms. The Hall–Kier alpha value is -2.17. The van der Waals surface area contributed by atoms with E-state index in [1.54, 1.807) is 7.11 Å². The molecule has 0 unspecified atom stereocenters. The molecule has 1 aromatic carbocycles. The maximum Gasteiger partial charge on any atom is 0.173 e. The Morgan fingerprint density at radius 2 is 1.69 bits per heavy atom. The minimum Gasteiger partial charge on any atom is -0.497 e. The van der Waals surface area contributed by atoms with Crippen molar-refractivity contribution in [1.82, 2.24) is 0 Å². The van der Waals surface area contributed by atoms with Gasteiger partial charge in [-0.1, -0.05) is 67.3 Å². The Morgan fingerprint density at radius 1 is 1.00 bits per heavy atom. The van der Waals surface area contributed by atoms with E-state index in [2.05, 4.69) is 76.3 Å². The largest absolute Gasteiger partial charge is 0.497 e. The van der Waals surface area contributed by atoms with Gasteiger partial charge >= 0.3 is 0 Å². The van der Waals surface area contributed by atoms with Crippen molar-refractivity contribution in [3.8, 4) is 5.75 Å². The standard InChI is InChI=1S/C35H46O4/c1-24(2)10-6-7-11-25(3)22-26-23-35(38-20-21-39-35)31-29(30(26)36)34(27-12-14-28(37-5)15-13-27)19-18-33(31)17-9-8-16-32(33,34)4/h10-15,18-19,26,29,31H,6-9,16-17,20-23H2,1-5H3/b25-11+/t26-,29+,31-,32-,33+,34+/m0/s1. The third kappa shape index (κ3) is 3.73. The molecule has 6 atom stereocenters. The van der Waals surface area contributed by atoms with Gasteiger partial charge in [-0.05, 0) is 76.0 Å². The molecule has 3 saturated carbocycles. The maximum absolute atomic E-state index is 14.9. The number of rotatable bonds is 7. The van der Waals surface area contributed by atoms with E-state index in [0.717, 1.165) is 37.9 Å². The average molecular weight is 531 g/mol. The molecular formula is C35H46O4. The number of Topliss-reactive ketones (excluding diaryl/α,β-unsaturated/α-hetero) is 1. The van der Waals surface area contributed by atoms with Crippen LogP contribution in [0.1, 0.15) is 84.6 Å². The van der Waals surface area contributed by atoms with Crippen LogP contribution in [0.15, 0.2) is 59.7 Å². The van der Waals surface area contributed by atoms with Gasteiger partial charge in [0, 0.05) is 35.0 Å². The van der Waals surface area contributed by atoms with Crippen molar-refractivity contribution in [1.29, 1.82) is 0 Å². The van der Waals surface area contributed by atoms with E-state index in [1.807, 2.05) is 0 Å². The second-order valence-corrected chi connectivity index (χ2v) is 13.4. The Kier molecular flexibility index (Phi) is 6.74. The van der Waals surface area contributed by atoms with Crippen molar-refractivity contribution in [3.63, 3.8) is 0 Å². The van der Waals surface area contributed by atoms with Crippen molar-refractivity contribution < 1.29 is 19.0 Å². The van der Waals surface area contributed by atoms with Crippen molar-refractivity contribution >= 4 is 5.78 Å². The zero-order chi connectivity index (χ0) is 27.5. The third-order valence-corrected chi connectivity index (χ3v) is 11.3. The summed E-state index contributed by atoms with van der Waals surface area (Å²) in [5, 5.41) is 0. The number of ketones is 1. The fourth-order valence-electron chi connectivity index (χ4n) is 9.77. The lowest BCUT2D eigenvalue weighted by molar-refractivity contribution is -0.249. The van der Waals surface area contributed by atoms with Crippen LogP contribution in [0.25, 0.3) is 0 Å². The van der Waals surface area contributed by atoms with E-state index >= 15 is 0 Å². The van der Waals surface area contributed by atoms with Gasteiger partial charge in [0.15, 0.2) is 5.79 Å².